The normalized spacial score (nSPS) is 10.2. The van der Waals surface area contributed by atoms with Crippen molar-refractivity contribution in [1.29, 1.82) is 0 Å². The smallest absolute Gasteiger partial charge is 0.540 e. The second-order valence-electron chi connectivity index (χ2n) is 10.4. The molecule has 0 spiro atoms. The number of aryl methyl sites for hydroxylation is 5. The van der Waals surface area contributed by atoms with Gasteiger partial charge in [0.1, 0.15) is 0 Å². The van der Waals surface area contributed by atoms with E-state index in [1.54, 1.807) is 7.11 Å². The summed E-state index contributed by atoms with van der Waals surface area (Å²) >= 11 is 0. The molecule has 6 rings (SSSR count). The third-order valence-corrected chi connectivity index (χ3v) is 7.50. The Bertz CT molecular complexity index is 1730. The molecule has 8 heteroatoms. The molecular formula is C36H39IrN6O. The van der Waals surface area contributed by atoms with Gasteiger partial charge in [0.15, 0.2) is 0 Å². The average Bonchev–Trinajstić information content (AvgIpc) is 3.65. The number of aromatic nitrogens is 6. The van der Waals surface area contributed by atoms with Crippen LogP contribution in [0.3, 0.4) is 0 Å². The molecule has 0 aliphatic carbocycles. The second-order valence-corrected chi connectivity index (χ2v) is 10.4. The van der Waals surface area contributed by atoms with Crippen LogP contribution < -0.4 is 4.74 Å². The summed E-state index contributed by atoms with van der Waals surface area (Å²) in [4.78, 5) is 13.1. The molecule has 7 nitrogen and oxygen atoms in total. The number of methoxy groups -OCH3 is 1. The van der Waals surface area contributed by atoms with Crippen molar-refractivity contribution in [2.45, 2.75) is 34.6 Å². The molecule has 0 atom stereocenters. The van der Waals surface area contributed by atoms with Crippen LogP contribution in [-0.2, 0) is 41.2 Å². The first-order valence-electron chi connectivity index (χ1n) is 14.1. The number of hydrogen-bond acceptors (Lipinski definition) is 4. The molecule has 3 heterocycles. The van der Waals surface area contributed by atoms with E-state index in [-0.39, 0.29) is 20.1 Å². The van der Waals surface area contributed by atoms with Gasteiger partial charge in [0.25, 0.3) is 0 Å². The van der Waals surface area contributed by atoms with Gasteiger partial charge in [-0.2, -0.15) is 0 Å². The molecule has 0 radical (unpaired) electrons. The van der Waals surface area contributed by atoms with Gasteiger partial charge in [0, 0.05) is 62.6 Å². The van der Waals surface area contributed by atoms with Gasteiger partial charge in [0.2, 0.25) is 0 Å². The molecule has 6 aromatic rings. The predicted molar refractivity (Wildman–Crippen MR) is 173 cm³/mol. The van der Waals surface area contributed by atoms with Crippen molar-refractivity contribution < 1.29 is 24.8 Å². The molecule has 0 unspecified atom stereocenters. The molecule has 0 fully saturated rings. The van der Waals surface area contributed by atoms with Gasteiger partial charge < -0.3 is 18.4 Å². The summed E-state index contributed by atoms with van der Waals surface area (Å²) in [6.07, 6.45) is 5.61. The molecule has 44 heavy (non-hydrogen) atoms. The van der Waals surface area contributed by atoms with Crippen molar-refractivity contribution in [3.63, 3.8) is 0 Å². The van der Waals surface area contributed by atoms with Crippen molar-refractivity contribution in [3.05, 3.63) is 120 Å². The number of imidazole rings is 3. The monoisotopic (exact) mass is 764 g/mol. The summed E-state index contributed by atoms with van der Waals surface area (Å²) in [5, 5.41) is 0. The summed E-state index contributed by atoms with van der Waals surface area (Å²) in [6, 6.07) is 27.3. The van der Waals surface area contributed by atoms with Gasteiger partial charge in [-0.05, 0) is 20.8 Å². The van der Waals surface area contributed by atoms with Gasteiger partial charge in [-0.25, -0.2) is 0 Å². The minimum atomic E-state index is 0. The van der Waals surface area contributed by atoms with Crippen LogP contribution in [-0.4, -0.2) is 35.8 Å². The Balaban J connectivity index is 0.000000178. The Morgan fingerprint density at radius 1 is 0.545 bits per heavy atom. The summed E-state index contributed by atoms with van der Waals surface area (Å²) in [5.74, 6) is 3.65. The molecule has 0 aliphatic rings. The van der Waals surface area contributed by atoms with E-state index >= 15 is 0 Å². The first kappa shape index (κ1) is 34.2. The van der Waals surface area contributed by atoms with E-state index in [1.165, 1.54) is 11.1 Å². The Labute approximate surface area is 275 Å². The Morgan fingerprint density at radius 2 is 0.886 bits per heavy atom. The molecule has 0 aliphatic heterocycles. The van der Waals surface area contributed by atoms with E-state index < -0.39 is 0 Å². The minimum Gasteiger partial charge on any atom is -0.540 e. The van der Waals surface area contributed by atoms with Gasteiger partial charge in [-0.15, -0.1) is 95.1 Å². The molecule has 0 bridgehead atoms. The zero-order valence-corrected chi connectivity index (χ0v) is 29.2. The van der Waals surface area contributed by atoms with E-state index in [2.05, 4.69) is 82.1 Å². The van der Waals surface area contributed by atoms with Crippen LogP contribution in [0.4, 0.5) is 0 Å². The van der Waals surface area contributed by atoms with Crippen LogP contribution in [0.15, 0.2) is 73.2 Å². The minimum absolute atomic E-state index is 0. The second kappa shape index (κ2) is 15.5. The van der Waals surface area contributed by atoms with E-state index in [9.17, 15) is 0 Å². The summed E-state index contributed by atoms with van der Waals surface area (Å²) in [6.45, 7) is 10.3. The van der Waals surface area contributed by atoms with Crippen LogP contribution >= 0.6 is 0 Å². The number of benzene rings is 3. The standard InChI is InChI=1S/C12H13N2O.2C12H13N2.Ir/c1-9-8-13-12(14(9)2)10-6-4-5-7-11(10)15-3;2*1-9-6-4-5-7-11(9)12-13-8-10(2)14(12)3;/h4-5,7-8H,1-3H3;2*4-6,8H,1-3H3;/q3*-1;+3. The molecule has 0 amide bonds. The molecule has 0 saturated carbocycles. The summed E-state index contributed by atoms with van der Waals surface area (Å²) in [5.41, 5.74) is 8.93. The Kier molecular flexibility index (Phi) is 12.0. The van der Waals surface area contributed by atoms with Gasteiger partial charge >= 0.3 is 20.1 Å². The average molecular weight is 764 g/mol. The molecular weight excluding hydrogens is 725 g/mol. The molecule has 0 N–H and O–H groups in total. The predicted octanol–water partition coefficient (Wildman–Crippen LogP) is 7.21. The zero-order chi connectivity index (χ0) is 31.1. The van der Waals surface area contributed by atoms with E-state index in [4.69, 9.17) is 4.74 Å². The van der Waals surface area contributed by atoms with Crippen molar-refractivity contribution in [3.8, 4) is 39.9 Å². The van der Waals surface area contributed by atoms with E-state index in [0.717, 1.165) is 57.0 Å². The van der Waals surface area contributed by atoms with Crippen molar-refractivity contribution in [1.82, 2.24) is 28.7 Å². The number of nitrogens with zero attached hydrogens (tertiary/aromatic N) is 6. The molecule has 0 saturated heterocycles. The fourth-order valence-electron chi connectivity index (χ4n) is 4.47. The van der Waals surface area contributed by atoms with Crippen LogP contribution in [0.5, 0.6) is 5.75 Å². The molecule has 3 aromatic carbocycles. The van der Waals surface area contributed by atoms with Crippen LogP contribution in [0.1, 0.15) is 28.2 Å². The summed E-state index contributed by atoms with van der Waals surface area (Å²) < 4.78 is 11.5. The Morgan fingerprint density at radius 3 is 1.20 bits per heavy atom. The van der Waals surface area contributed by atoms with Gasteiger partial charge in [0.05, 0.1) is 24.6 Å². The fourth-order valence-corrected chi connectivity index (χ4v) is 4.47. The van der Waals surface area contributed by atoms with Crippen molar-refractivity contribution >= 4 is 0 Å². The maximum absolute atomic E-state index is 5.28. The third kappa shape index (κ3) is 7.62. The molecule has 3 aromatic heterocycles. The van der Waals surface area contributed by atoms with Gasteiger partial charge in [-0.1, -0.05) is 19.4 Å². The molecule has 228 valence electrons. The first-order chi connectivity index (χ1) is 20.6. The largest absolute Gasteiger partial charge is 3.00 e. The van der Waals surface area contributed by atoms with Crippen LogP contribution in [0, 0.1) is 52.8 Å². The third-order valence-electron chi connectivity index (χ3n) is 7.50. The zero-order valence-electron chi connectivity index (χ0n) is 26.9. The maximum atomic E-state index is 5.28. The topological polar surface area (TPSA) is 62.7 Å². The maximum Gasteiger partial charge on any atom is 3.00 e. The van der Waals surface area contributed by atoms with Crippen LogP contribution in [0.2, 0.25) is 0 Å². The van der Waals surface area contributed by atoms with Crippen LogP contribution in [0.25, 0.3) is 34.2 Å². The summed E-state index contributed by atoms with van der Waals surface area (Å²) in [7, 11) is 7.69. The van der Waals surface area contributed by atoms with Gasteiger partial charge in [-0.3, -0.25) is 15.0 Å². The number of hydrogen-bond donors (Lipinski definition) is 0. The Hall–Kier alpha value is -4.26. The van der Waals surface area contributed by atoms with Crippen molar-refractivity contribution in [2.24, 2.45) is 21.1 Å². The quantitative estimate of drug-likeness (QED) is 0.178. The SMILES string of the molecule is COc1ccc[c-]c1-c1ncc(C)n1C.Cc1ccc[c-]c1-c1ncc(C)n1C.Cc1ccc[c-]c1-c1ncc(C)n1C.[Ir+3]. The first-order valence-corrected chi connectivity index (χ1v) is 14.1. The van der Waals surface area contributed by atoms with E-state index in [0.29, 0.717) is 0 Å². The number of rotatable bonds is 4. The fraction of sp³-hybridized carbons (Fsp3) is 0.250. The number of ether oxygens (including phenoxy) is 1. The van der Waals surface area contributed by atoms with Crippen molar-refractivity contribution in [2.75, 3.05) is 7.11 Å². The van der Waals surface area contributed by atoms with E-state index in [1.807, 2.05) is 93.7 Å².